The number of nitrogens with one attached hydrogen (secondary N) is 1. The molecule has 3 rings (SSSR count). The first kappa shape index (κ1) is 25.1. The topological polar surface area (TPSA) is 49.4 Å². The minimum Gasteiger partial charge on any atom is -0.355 e. The summed E-state index contributed by atoms with van der Waals surface area (Å²) in [7, 11) is 0. The van der Waals surface area contributed by atoms with Crippen LogP contribution in [-0.4, -0.2) is 35.1 Å². The van der Waals surface area contributed by atoms with Gasteiger partial charge in [-0.25, -0.2) is 0 Å². The van der Waals surface area contributed by atoms with E-state index in [-0.39, 0.29) is 11.8 Å². The van der Waals surface area contributed by atoms with Gasteiger partial charge in [-0.15, -0.1) is 11.8 Å². The van der Waals surface area contributed by atoms with Crippen LogP contribution in [0.1, 0.15) is 24.5 Å². The van der Waals surface area contributed by atoms with Gasteiger partial charge in [0.25, 0.3) is 0 Å². The highest BCUT2D eigenvalue weighted by Crippen LogP contribution is 2.21. The van der Waals surface area contributed by atoms with Gasteiger partial charge in [-0.2, -0.15) is 0 Å². The molecule has 0 radical (unpaired) electrons. The average Bonchev–Trinajstić information content (AvgIpc) is 2.84. The molecule has 0 aliphatic rings. The second-order valence-corrected chi connectivity index (χ2v) is 9.74. The summed E-state index contributed by atoms with van der Waals surface area (Å²) < 4.78 is 0.980. The molecule has 0 heterocycles. The molecule has 4 nitrogen and oxygen atoms in total. The summed E-state index contributed by atoms with van der Waals surface area (Å²) in [5.74, 6) is 0.517. The minimum absolute atomic E-state index is 0.0199. The van der Waals surface area contributed by atoms with E-state index in [1.165, 1.54) is 0 Å². The van der Waals surface area contributed by atoms with Gasteiger partial charge in [-0.05, 0) is 42.3 Å². The van der Waals surface area contributed by atoms with Crippen LogP contribution < -0.4 is 5.32 Å². The van der Waals surface area contributed by atoms with E-state index in [4.69, 9.17) is 0 Å². The number of halogens is 1. The van der Waals surface area contributed by atoms with Crippen LogP contribution in [0.4, 0.5) is 0 Å². The number of rotatable bonds is 11. The molecule has 172 valence electrons. The van der Waals surface area contributed by atoms with Crippen LogP contribution in [0.3, 0.4) is 0 Å². The van der Waals surface area contributed by atoms with Gasteiger partial charge in [-0.3, -0.25) is 9.59 Å². The van der Waals surface area contributed by atoms with Crippen LogP contribution in [0, 0.1) is 0 Å². The molecule has 1 atom stereocenters. The average molecular weight is 526 g/mol. The molecule has 2 amide bonds. The molecule has 0 spiro atoms. The van der Waals surface area contributed by atoms with Crippen LogP contribution in [0.5, 0.6) is 0 Å². The Balaban J connectivity index is 1.81. The fraction of sp³-hybridized carbons (Fsp3) is 0.259. The Morgan fingerprint density at radius 3 is 2.18 bits per heavy atom. The summed E-state index contributed by atoms with van der Waals surface area (Å²) in [4.78, 5) is 29.5. The van der Waals surface area contributed by atoms with E-state index in [1.54, 1.807) is 16.7 Å². The maximum absolute atomic E-state index is 13.5. The lowest BCUT2D eigenvalue weighted by Gasteiger charge is -2.31. The van der Waals surface area contributed by atoms with Gasteiger partial charge >= 0.3 is 0 Å². The molecule has 3 aromatic carbocycles. The fourth-order valence-electron chi connectivity index (χ4n) is 3.55. The van der Waals surface area contributed by atoms with Crippen molar-refractivity contribution in [1.29, 1.82) is 0 Å². The van der Waals surface area contributed by atoms with Gasteiger partial charge in [0.2, 0.25) is 11.8 Å². The van der Waals surface area contributed by atoms with E-state index in [0.717, 1.165) is 20.5 Å². The van der Waals surface area contributed by atoms with Gasteiger partial charge in [0.1, 0.15) is 6.04 Å². The second kappa shape index (κ2) is 13.2. The van der Waals surface area contributed by atoms with Crippen molar-refractivity contribution < 1.29 is 9.59 Å². The van der Waals surface area contributed by atoms with E-state index in [9.17, 15) is 9.59 Å². The molecule has 0 saturated heterocycles. The minimum atomic E-state index is -0.578. The van der Waals surface area contributed by atoms with Crippen LogP contribution in [0.2, 0.25) is 0 Å². The maximum atomic E-state index is 13.5. The van der Waals surface area contributed by atoms with Crippen molar-refractivity contribution in [1.82, 2.24) is 10.2 Å². The number of amides is 2. The molecular formula is C27H29BrN2O2S. The molecular weight excluding hydrogens is 496 g/mol. The molecule has 0 aromatic heterocycles. The lowest BCUT2D eigenvalue weighted by Crippen LogP contribution is -2.50. The second-order valence-electron chi connectivity index (χ2n) is 7.66. The maximum Gasteiger partial charge on any atom is 0.243 e. The zero-order valence-electron chi connectivity index (χ0n) is 18.7. The third-order valence-electron chi connectivity index (χ3n) is 5.22. The van der Waals surface area contributed by atoms with Gasteiger partial charge in [-0.1, -0.05) is 76.6 Å². The summed E-state index contributed by atoms with van der Waals surface area (Å²) in [6, 6.07) is 27.2. The number of nitrogens with zero attached hydrogens (tertiary/aromatic N) is 1. The molecule has 0 unspecified atom stereocenters. The fourth-order valence-corrected chi connectivity index (χ4v) is 4.68. The van der Waals surface area contributed by atoms with E-state index >= 15 is 0 Å². The first-order chi connectivity index (χ1) is 16.1. The van der Waals surface area contributed by atoms with Crippen molar-refractivity contribution in [2.75, 3.05) is 12.3 Å². The smallest absolute Gasteiger partial charge is 0.243 e. The van der Waals surface area contributed by atoms with Gasteiger partial charge < -0.3 is 10.2 Å². The molecule has 0 bridgehead atoms. The third kappa shape index (κ3) is 8.06. The molecule has 3 aromatic rings. The van der Waals surface area contributed by atoms with Crippen LogP contribution >= 0.6 is 27.7 Å². The summed E-state index contributed by atoms with van der Waals surface area (Å²) in [5, 5.41) is 2.93. The summed E-state index contributed by atoms with van der Waals surface area (Å²) in [6.45, 7) is 2.81. The Hall–Kier alpha value is -2.57. The van der Waals surface area contributed by atoms with Crippen molar-refractivity contribution in [2.45, 2.75) is 37.2 Å². The Morgan fingerprint density at radius 2 is 1.55 bits per heavy atom. The zero-order valence-corrected chi connectivity index (χ0v) is 21.1. The predicted octanol–water partition coefficient (Wildman–Crippen LogP) is 5.71. The van der Waals surface area contributed by atoms with E-state index in [0.29, 0.717) is 31.7 Å². The molecule has 0 fully saturated rings. The monoisotopic (exact) mass is 524 g/mol. The highest BCUT2D eigenvalue weighted by atomic mass is 79.9. The summed E-state index contributed by atoms with van der Waals surface area (Å²) in [5.41, 5.74) is 2.02. The number of carbonyl (C=O) groups excluding carboxylic acids is 2. The van der Waals surface area contributed by atoms with Gasteiger partial charge in [0, 0.05) is 41.1 Å². The molecule has 33 heavy (non-hydrogen) atoms. The predicted molar refractivity (Wildman–Crippen MR) is 139 cm³/mol. The first-order valence-electron chi connectivity index (χ1n) is 11.1. The van der Waals surface area contributed by atoms with Gasteiger partial charge in [0.05, 0.1) is 0 Å². The number of thioether (sulfide) groups is 1. The normalized spacial score (nSPS) is 11.6. The molecule has 0 aliphatic carbocycles. The van der Waals surface area contributed by atoms with Crippen molar-refractivity contribution in [2.24, 2.45) is 0 Å². The first-order valence-corrected chi connectivity index (χ1v) is 12.9. The SMILES string of the molecule is CCNC(=O)[C@@H](Cc1ccccc1)N(Cc1ccc(Br)cc1)C(=O)CCSc1ccccc1. The lowest BCUT2D eigenvalue weighted by atomic mass is 10.0. The van der Waals surface area contributed by atoms with E-state index in [2.05, 4.69) is 21.2 Å². The Bertz CT molecular complexity index is 1010. The number of carbonyl (C=O) groups is 2. The van der Waals surface area contributed by atoms with E-state index in [1.807, 2.05) is 91.9 Å². The van der Waals surface area contributed by atoms with Gasteiger partial charge in [0.15, 0.2) is 0 Å². The van der Waals surface area contributed by atoms with Crippen LogP contribution in [0.25, 0.3) is 0 Å². The van der Waals surface area contributed by atoms with Crippen LogP contribution in [-0.2, 0) is 22.6 Å². The third-order valence-corrected chi connectivity index (χ3v) is 6.76. The van der Waals surface area contributed by atoms with Crippen molar-refractivity contribution in [3.8, 4) is 0 Å². The molecule has 0 aliphatic heterocycles. The number of hydrogen-bond acceptors (Lipinski definition) is 3. The highest BCUT2D eigenvalue weighted by Gasteiger charge is 2.29. The number of benzene rings is 3. The quantitative estimate of drug-likeness (QED) is 0.327. The standard InChI is InChI=1S/C27H29BrN2O2S/c1-2-29-27(32)25(19-21-9-5-3-6-10-21)30(20-22-13-15-23(28)16-14-22)26(31)17-18-33-24-11-7-4-8-12-24/h3-16,25H,2,17-20H2,1H3,(H,29,32)/t25-/m1/s1. The van der Waals surface area contributed by atoms with Crippen molar-refractivity contribution in [3.63, 3.8) is 0 Å². The Labute approximate surface area is 208 Å². The summed E-state index contributed by atoms with van der Waals surface area (Å²) in [6.07, 6.45) is 0.835. The Kier molecular flexibility index (Phi) is 10.0. The molecule has 0 saturated carbocycles. The van der Waals surface area contributed by atoms with Crippen molar-refractivity contribution >= 4 is 39.5 Å². The highest BCUT2D eigenvalue weighted by molar-refractivity contribution is 9.10. The number of hydrogen-bond donors (Lipinski definition) is 1. The molecule has 1 N–H and O–H groups in total. The molecule has 6 heteroatoms. The van der Waals surface area contributed by atoms with Crippen molar-refractivity contribution in [3.05, 3.63) is 101 Å². The number of likely N-dealkylation sites (N-methyl/N-ethyl adjacent to an activating group) is 1. The Morgan fingerprint density at radius 1 is 0.909 bits per heavy atom. The zero-order chi connectivity index (χ0) is 23.5. The lowest BCUT2D eigenvalue weighted by molar-refractivity contribution is -0.140. The van der Waals surface area contributed by atoms with Crippen LogP contribution in [0.15, 0.2) is 94.3 Å². The summed E-state index contributed by atoms with van der Waals surface area (Å²) >= 11 is 5.12. The largest absolute Gasteiger partial charge is 0.355 e. The van der Waals surface area contributed by atoms with E-state index < -0.39 is 6.04 Å².